The molecular weight excluding hydrogens is 394 g/mol. The van der Waals surface area contributed by atoms with Crippen molar-refractivity contribution in [2.45, 2.75) is 11.3 Å². The van der Waals surface area contributed by atoms with Crippen molar-refractivity contribution in [1.82, 2.24) is 0 Å². The molecule has 1 aliphatic rings. The molecule has 0 saturated carbocycles. The number of thiophene rings is 1. The molecule has 2 heterocycles. The fourth-order valence-electron chi connectivity index (χ4n) is 2.60. The summed E-state index contributed by atoms with van der Waals surface area (Å²) >= 11 is 7.55. The third kappa shape index (κ3) is 3.42. The summed E-state index contributed by atoms with van der Waals surface area (Å²) in [4.78, 5) is 0.781. The minimum absolute atomic E-state index is 0.0668. The average Bonchev–Trinajstić information content (AvgIpc) is 2.91. The van der Waals surface area contributed by atoms with Gasteiger partial charge in [-0.3, -0.25) is 0 Å². The van der Waals surface area contributed by atoms with E-state index in [1.807, 2.05) is 18.2 Å². The third-order valence-electron chi connectivity index (χ3n) is 3.85. The molecule has 8 heteroatoms. The summed E-state index contributed by atoms with van der Waals surface area (Å²) in [5, 5.41) is 1.59. The first-order chi connectivity index (χ1) is 12.5. The van der Waals surface area contributed by atoms with E-state index in [9.17, 15) is 8.42 Å². The fourth-order valence-corrected chi connectivity index (χ4v) is 4.77. The molecule has 0 amide bonds. The smallest absolute Gasteiger partial charge is 0.282 e. The van der Waals surface area contributed by atoms with E-state index in [0.717, 1.165) is 16.5 Å². The van der Waals surface area contributed by atoms with Gasteiger partial charge in [-0.1, -0.05) is 23.7 Å². The van der Waals surface area contributed by atoms with Gasteiger partial charge >= 0.3 is 0 Å². The lowest BCUT2D eigenvalue weighted by atomic mass is 10.2. The van der Waals surface area contributed by atoms with Crippen LogP contribution in [0.5, 0.6) is 11.5 Å². The second-order valence-electron chi connectivity index (χ2n) is 5.68. The molecular formula is C18H14ClNO4S2. The summed E-state index contributed by atoms with van der Waals surface area (Å²) in [6, 6.07) is 12.0. The van der Waals surface area contributed by atoms with E-state index in [4.69, 9.17) is 21.1 Å². The predicted octanol–water partition coefficient (Wildman–Crippen LogP) is 4.52. The van der Waals surface area contributed by atoms with Crippen molar-refractivity contribution in [2.75, 3.05) is 13.2 Å². The first-order valence-corrected chi connectivity index (χ1v) is 10.5. The summed E-state index contributed by atoms with van der Waals surface area (Å²) in [6.07, 6.45) is 2.10. The van der Waals surface area contributed by atoms with Crippen molar-refractivity contribution < 1.29 is 17.9 Å². The summed E-state index contributed by atoms with van der Waals surface area (Å²) in [7, 11) is -3.84. The van der Waals surface area contributed by atoms with Crippen LogP contribution < -0.4 is 9.47 Å². The number of nitrogens with zero attached hydrogens (tertiary/aromatic N) is 1. The number of ether oxygens (including phenoxy) is 2. The van der Waals surface area contributed by atoms with Gasteiger partial charge in [0.25, 0.3) is 10.0 Å². The van der Waals surface area contributed by atoms with Crippen LogP contribution in [0.1, 0.15) is 11.3 Å². The number of fused-ring (bicyclic) bond motifs is 2. The second-order valence-corrected chi connectivity index (χ2v) is 8.80. The van der Waals surface area contributed by atoms with E-state index in [-0.39, 0.29) is 4.90 Å². The molecule has 0 atom stereocenters. The zero-order chi connectivity index (χ0) is 18.1. The number of sulfonamides is 1. The number of halogens is 1. The van der Waals surface area contributed by atoms with Crippen molar-refractivity contribution in [2.24, 2.45) is 4.40 Å². The van der Waals surface area contributed by atoms with E-state index >= 15 is 0 Å². The van der Waals surface area contributed by atoms with Crippen molar-refractivity contribution in [1.29, 1.82) is 0 Å². The van der Waals surface area contributed by atoms with Crippen LogP contribution in [0.15, 0.2) is 51.8 Å². The van der Waals surface area contributed by atoms with Gasteiger partial charge in [-0.05, 0) is 29.7 Å². The molecule has 0 bridgehead atoms. The van der Waals surface area contributed by atoms with Crippen LogP contribution >= 0.6 is 22.9 Å². The normalized spacial score (nSPS) is 14.7. The van der Waals surface area contributed by atoms with E-state index in [2.05, 4.69) is 4.40 Å². The molecule has 134 valence electrons. The summed E-state index contributed by atoms with van der Waals surface area (Å²) < 4.78 is 40.9. The van der Waals surface area contributed by atoms with Gasteiger partial charge < -0.3 is 9.47 Å². The van der Waals surface area contributed by atoms with Crippen LogP contribution in [-0.2, 0) is 10.0 Å². The Morgan fingerprint density at radius 1 is 1.08 bits per heavy atom. The highest BCUT2D eigenvalue weighted by Crippen LogP contribution is 2.33. The topological polar surface area (TPSA) is 65.0 Å². The maximum Gasteiger partial charge on any atom is 0.282 e. The molecule has 0 saturated heterocycles. The number of benzene rings is 2. The van der Waals surface area contributed by atoms with Crippen LogP contribution in [0, 0.1) is 0 Å². The number of hydrogen-bond donors (Lipinski definition) is 0. The lowest BCUT2D eigenvalue weighted by Crippen LogP contribution is -1.99. The average molecular weight is 408 g/mol. The molecule has 0 unspecified atom stereocenters. The van der Waals surface area contributed by atoms with E-state index in [1.165, 1.54) is 29.7 Å². The zero-order valence-electron chi connectivity index (χ0n) is 13.5. The standard InChI is InChI=1S/C18H14ClNO4S2/c19-15-4-1-3-12-9-13(25-18(12)15)11-20-26(21,22)14-5-6-16-17(10-14)24-8-2-7-23-16/h1,3-6,9-11H,2,7-8H2. The third-order valence-corrected chi connectivity index (χ3v) is 6.63. The van der Waals surface area contributed by atoms with Gasteiger partial charge in [-0.25, -0.2) is 0 Å². The van der Waals surface area contributed by atoms with Gasteiger partial charge in [-0.15, -0.1) is 11.3 Å². The molecule has 1 aromatic heterocycles. The summed E-state index contributed by atoms with van der Waals surface area (Å²) in [5.74, 6) is 0.969. The fraction of sp³-hybridized carbons (Fsp3) is 0.167. The maximum absolute atomic E-state index is 12.5. The molecule has 4 rings (SSSR count). The van der Waals surface area contributed by atoms with Crippen LogP contribution in [0.4, 0.5) is 0 Å². The van der Waals surface area contributed by atoms with Crippen LogP contribution in [-0.4, -0.2) is 27.8 Å². The monoisotopic (exact) mass is 407 g/mol. The molecule has 0 aliphatic carbocycles. The Morgan fingerprint density at radius 2 is 1.88 bits per heavy atom. The van der Waals surface area contributed by atoms with Gasteiger partial charge in [0.05, 0.1) is 34.0 Å². The minimum Gasteiger partial charge on any atom is -0.490 e. The molecule has 3 aromatic rings. The molecule has 0 spiro atoms. The Bertz CT molecular complexity index is 1110. The second kappa shape index (κ2) is 6.90. The molecule has 0 radical (unpaired) electrons. The highest BCUT2D eigenvalue weighted by atomic mass is 35.5. The molecule has 2 aromatic carbocycles. The highest BCUT2D eigenvalue weighted by molar-refractivity contribution is 7.90. The minimum atomic E-state index is -3.84. The van der Waals surface area contributed by atoms with E-state index < -0.39 is 10.0 Å². The first kappa shape index (κ1) is 17.3. The Balaban J connectivity index is 1.65. The largest absolute Gasteiger partial charge is 0.490 e. The Morgan fingerprint density at radius 3 is 2.69 bits per heavy atom. The van der Waals surface area contributed by atoms with E-state index in [0.29, 0.717) is 34.6 Å². The maximum atomic E-state index is 12.5. The van der Waals surface area contributed by atoms with Crippen LogP contribution in [0.3, 0.4) is 0 Å². The Kier molecular flexibility index (Phi) is 4.60. The van der Waals surface area contributed by atoms with Gasteiger partial charge in [-0.2, -0.15) is 12.8 Å². The molecule has 0 N–H and O–H groups in total. The van der Waals surface area contributed by atoms with Gasteiger partial charge in [0.2, 0.25) is 0 Å². The van der Waals surface area contributed by atoms with Crippen LogP contribution in [0.25, 0.3) is 10.1 Å². The lowest BCUT2D eigenvalue weighted by molar-refractivity contribution is 0.297. The van der Waals surface area contributed by atoms with Gasteiger partial charge in [0.15, 0.2) is 11.5 Å². The van der Waals surface area contributed by atoms with Crippen molar-refractivity contribution in [3.8, 4) is 11.5 Å². The van der Waals surface area contributed by atoms with E-state index in [1.54, 1.807) is 12.1 Å². The highest BCUT2D eigenvalue weighted by Gasteiger charge is 2.18. The van der Waals surface area contributed by atoms with Crippen LogP contribution in [0.2, 0.25) is 5.02 Å². The zero-order valence-corrected chi connectivity index (χ0v) is 15.9. The first-order valence-electron chi connectivity index (χ1n) is 7.91. The van der Waals surface area contributed by atoms with Gasteiger partial charge in [0, 0.05) is 17.4 Å². The van der Waals surface area contributed by atoms with Gasteiger partial charge in [0.1, 0.15) is 0 Å². The number of hydrogen-bond acceptors (Lipinski definition) is 5. The summed E-state index contributed by atoms with van der Waals surface area (Å²) in [6.45, 7) is 1.04. The SMILES string of the molecule is O=S(=O)(N=Cc1cc2cccc(Cl)c2s1)c1ccc2c(c1)OCCCO2. The molecule has 0 fully saturated rings. The molecule has 26 heavy (non-hydrogen) atoms. The Labute approximate surface area is 159 Å². The predicted molar refractivity (Wildman–Crippen MR) is 104 cm³/mol. The molecule has 1 aliphatic heterocycles. The number of rotatable bonds is 3. The quantitative estimate of drug-likeness (QED) is 0.598. The van der Waals surface area contributed by atoms with Crippen molar-refractivity contribution in [3.05, 3.63) is 52.4 Å². The van der Waals surface area contributed by atoms with Crippen molar-refractivity contribution >= 4 is 49.3 Å². The molecule has 5 nitrogen and oxygen atoms in total. The van der Waals surface area contributed by atoms with Crippen molar-refractivity contribution in [3.63, 3.8) is 0 Å². The summed E-state index contributed by atoms with van der Waals surface area (Å²) in [5.41, 5.74) is 0. The lowest BCUT2D eigenvalue weighted by Gasteiger charge is -2.08. The Hall–Kier alpha value is -2.09.